The summed E-state index contributed by atoms with van der Waals surface area (Å²) in [5, 5.41) is 11.6. The molecule has 5 rings (SSSR count). The Kier molecular flexibility index (Phi) is 7.21. The number of phenolic OH excluding ortho intramolecular Hbond substituents is 1. The molecule has 1 amide bonds. The molecule has 4 aromatic rings. The van der Waals surface area contributed by atoms with E-state index in [1.807, 2.05) is 11.8 Å². The molecule has 2 aromatic heterocycles. The van der Waals surface area contributed by atoms with E-state index in [-0.39, 0.29) is 44.5 Å². The quantitative estimate of drug-likeness (QED) is 0.351. The number of imidazole rings is 1. The average molecular weight is 578 g/mol. The van der Waals surface area contributed by atoms with Gasteiger partial charge in [0.05, 0.1) is 10.7 Å². The zero-order valence-corrected chi connectivity index (χ0v) is 23.8. The smallest absolute Gasteiger partial charge is 0.332 e. The first-order chi connectivity index (χ1) is 19.4. The maximum absolute atomic E-state index is 15.0. The second kappa shape index (κ2) is 10.5. The average Bonchev–Trinajstić information content (AvgIpc) is 3.47. The molecular formula is C30H29ClFN5O4. The van der Waals surface area contributed by atoms with Crippen LogP contribution in [0.2, 0.25) is 5.02 Å². The van der Waals surface area contributed by atoms with E-state index in [4.69, 9.17) is 11.6 Å². The van der Waals surface area contributed by atoms with E-state index >= 15 is 0 Å². The SMILES string of the molecule is CC(=O)N=C[C@@]1(C)CCN(c2cc(-c3cc(F)cc(-c4ccc(-n5ccn(C)c5=O)c(Cl)c4)c3O)cc(=O)n2C)C1. The fourth-order valence-corrected chi connectivity index (χ4v) is 5.44. The van der Waals surface area contributed by atoms with E-state index in [0.29, 0.717) is 35.7 Å². The summed E-state index contributed by atoms with van der Waals surface area (Å²) in [6, 6.07) is 10.3. The molecule has 1 aliphatic heterocycles. The Morgan fingerprint density at radius 3 is 2.41 bits per heavy atom. The maximum Gasteiger partial charge on any atom is 0.332 e. The number of aryl methyl sites for hydroxylation is 1. The number of phenols is 1. The number of pyridine rings is 1. The van der Waals surface area contributed by atoms with Gasteiger partial charge in [-0.15, -0.1) is 0 Å². The summed E-state index contributed by atoms with van der Waals surface area (Å²) in [6.45, 7) is 4.53. The predicted octanol–water partition coefficient (Wildman–Crippen LogP) is 4.54. The standard InChI is InChI=1S/C30H29ClFN5O4/c1-18(38)33-16-30(2)7-8-36(17-30)26-12-20(13-27(39)35(26)4)23-15-21(32)14-22(28(23)40)19-5-6-25(24(31)11-19)37-10-9-34(3)29(37)41/h5-6,9-16,40H,7-8,17H2,1-4H3/t30-/m1/s1. The van der Waals surface area contributed by atoms with Crippen molar-refractivity contribution in [3.05, 3.63) is 86.5 Å². The van der Waals surface area contributed by atoms with Crippen LogP contribution in [0.15, 0.2) is 69.4 Å². The minimum absolute atomic E-state index is 0.151. The second-order valence-corrected chi connectivity index (χ2v) is 11.1. The molecule has 0 saturated carbocycles. The van der Waals surface area contributed by atoms with Gasteiger partial charge in [0, 0.05) is 75.3 Å². The number of anilines is 1. The number of hydrogen-bond acceptors (Lipinski definition) is 5. The Morgan fingerprint density at radius 1 is 1.07 bits per heavy atom. The van der Waals surface area contributed by atoms with E-state index in [0.717, 1.165) is 6.42 Å². The van der Waals surface area contributed by atoms with Gasteiger partial charge < -0.3 is 14.6 Å². The van der Waals surface area contributed by atoms with Gasteiger partial charge >= 0.3 is 5.69 Å². The first-order valence-electron chi connectivity index (χ1n) is 13.0. The zero-order chi connectivity index (χ0) is 29.6. The Hall–Kier alpha value is -4.44. The summed E-state index contributed by atoms with van der Waals surface area (Å²) in [5.41, 5.74) is 0.609. The van der Waals surface area contributed by atoms with Gasteiger partial charge in [0.2, 0.25) is 5.91 Å². The highest BCUT2D eigenvalue weighted by Gasteiger charge is 2.34. The van der Waals surface area contributed by atoms with E-state index < -0.39 is 5.82 Å². The molecular weight excluding hydrogens is 549 g/mol. The molecule has 0 spiro atoms. The summed E-state index contributed by atoms with van der Waals surface area (Å²) in [4.78, 5) is 42.7. The second-order valence-electron chi connectivity index (χ2n) is 10.7. The largest absolute Gasteiger partial charge is 0.507 e. The van der Waals surface area contributed by atoms with Crippen molar-refractivity contribution in [2.75, 3.05) is 18.0 Å². The number of hydrogen-bond donors (Lipinski definition) is 1. The third-order valence-electron chi connectivity index (χ3n) is 7.48. The molecule has 0 radical (unpaired) electrons. The highest BCUT2D eigenvalue weighted by atomic mass is 35.5. The molecule has 1 fully saturated rings. The molecule has 1 atom stereocenters. The number of aliphatic imine (C=N–C) groups is 1. The first kappa shape index (κ1) is 28.1. The monoisotopic (exact) mass is 577 g/mol. The molecule has 1 aliphatic rings. The number of benzene rings is 2. The highest BCUT2D eigenvalue weighted by Crippen LogP contribution is 2.41. The molecule has 0 bridgehead atoms. The van der Waals surface area contributed by atoms with Crippen LogP contribution >= 0.6 is 11.6 Å². The van der Waals surface area contributed by atoms with Crippen molar-refractivity contribution in [3.63, 3.8) is 0 Å². The molecule has 3 heterocycles. The van der Waals surface area contributed by atoms with Crippen molar-refractivity contribution in [1.82, 2.24) is 13.7 Å². The van der Waals surface area contributed by atoms with Crippen molar-refractivity contribution < 1.29 is 14.3 Å². The van der Waals surface area contributed by atoms with E-state index in [9.17, 15) is 23.9 Å². The van der Waals surface area contributed by atoms with Gasteiger partial charge in [0.15, 0.2) is 0 Å². The normalized spacial score (nSPS) is 17.1. The van der Waals surface area contributed by atoms with Crippen LogP contribution in [-0.2, 0) is 18.9 Å². The summed E-state index contributed by atoms with van der Waals surface area (Å²) >= 11 is 6.52. The fraction of sp³-hybridized carbons (Fsp3) is 0.267. The maximum atomic E-state index is 15.0. The van der Waals surface area contributed by atoms with Crippen LogP contribution in [0.3, 0.4) is 0 Å². The predicted molar refractivity (Wildman–Crippen MR) is 158 cm³/mol. The number of aromatic hydroxyl groups is 1. The minimum atomic E-state index is -0.608. The Labute approximate surface area is 240 Å². The Balaban J connectivity index is 1.55. The van der Waals surface area contributed by atoms with Crippen LogP contribution in [0, 0.1) is 11.2 Å². The summed E-state index contributed by atoms with van der Waals surface area (Å²) in [6.07, 6.45) is 5.58. The number of halogens is 2. The molecule has 11 heteroatoms. The zero-order valence-electron chi connectivity index (χ0n) is 23.1. The van der Waals surface area contributed by atoms with Crippen molar-refractivity contribution >= 4 is 29.5 Å². The van der Waals surface area contributed by atoms with Gasteiger partial charge in [-0.1, -0.05) is 24.6 Å². The molecule has 2 aromatic carbocycles. The molecule has 0 unspecified atom stereocenters. The molecule has 1 saturated heterocycles. The number of carbonyl (C=O) groups is 1. The van der Waals surface area contributed by atoms with Gasteiger partial charge in [-0.05, 0) is 47.9 Å². The van der Waals surface area contributed by atoms with E-state index in [1.165, 1.54) is 38.8 Å². The van der Waals surface area contributed by atoms with Gasteiger partial charge in [0.25, 0.3) is 5.56 Å². The number of nitrogens with zero attached hydrogens (tertiary/aromatic N) is 5. The fourth-order valence-electron chi connectivity index (χ4n) is 5.17. The lowest BCUT2D eigenvalue weighted by Gasteiger charge is -2.24. The van der Waals surface area contributed by atoms with Crippen LogP contribution in [0.5, 0.6) is 5.75 Å². The van der Waals surface area contributed by atoms with Gasteiger partial charge in [-0.3, -0.25) is 18.7 Å². The number of rotatable bonds is 5. The van der Waals surface area contributed by atoms with Crippen LogP contribution in [0.4, 0.5) is 10.2 Å². The van der Waals surface area contributed by atoms with Crippen molar-refractivity contribution in [3.8, 4) is 33.7 Å². The lowest BCUT2D eigenvalue weighted by atomic mass is 9.91. The van der Waals surface area contributed by atoms with Crippen LogP contribution in [0.1, 0.15) is 20.3 Å². The van der Waals surface area contributed by atoms with Crippen molar-refractivity contribution in [1.29, 1.82) is 0 Å². The summed E-state index contributed by atoms with van der Waals surface area (Å²) < 4.78 is 19.3. The lowest BCUT2D eigenvalue weighted by Crippen LogP contribution is -2.31. The molecule has 41 heavy (non-hydrogen) atoms. The van der Waals surface area contributed by atoms with Crippen LogP contribution in [-0.4, -0.2) is 44.0 Å². The number of amides is 1. The third kappa shape index (κ3) is 5.35. The molecule has 1 N–H and O–H groups in total. The topological polar surface area (TPSA) is 102 Å². The highest BCUT2D eigenvalue weighted by molar-refractivity contribution is 6.32. The van der Waals surface area contributed by atoms with E-state index in [1.54, 1.807) is 57.0 Å². The number of carbonyl (C=O) groups excluding carboxylic acids is 1. The van der Waals surface area contributed by atoms with Gasteiger partial charge in [0.1, 0.15) is 17.4 Å². The third-order valence-corrected chi connectivity index (χ3v) is 7.78. The summed E-state index contributed by atoms with van der Waals surface area (Å²) in [5.74, 6) is -0.505. The van der Waals surface area contributed by atoms with Gasteiger partial charge in [-0.25, -0.2) is 14.2 Å². The molecule has 212 valence electrons. The van der Waals surface area contributed by atoms with Crippen molar-refractivity contribution in [2.45, 2.75) is 20.3 Å². The van der Waals surface area contributed by atoms with Crippen LogP contribution < -0.4 is 16.1 Å². The minimum Gasteiger partial charge on any atom is -0.507 e. The first-order valence-corrected chi connectivity index (χ1v) is 13.3. The molecule has 9 nitrogen and oxygen atoms in total. The van der Waals surface area contributed by atoms with Gasteiger partial charge in [-0.2, -0.15) is 0 Å². The molecule has 0 aliphatic carbocycles. The Morgan fingerprint density at radius 2 is 1.78 bits per heavy atom. The van der Waals surface area contributed by atoms with Crippen molar-refractivity contribution in [2.24, 2.45) is 24.5 Å². The van der Waals surface area contributed by atoms with Crippen LogP contribution in [0.25, 0.3) is 27.9 Å². The summed E-state index contributed by atoms with van der Waals surface area (Å²) in [7, 11) is 3.28. The number of aromatic nitrogens is 3. The van der Waals surface area contributed by atoms with E-state index in [2.05, 4.69) is 4.99 Å². The Bertz CT molecular complexity index is 1840. The lowest BCUT2D eigenvalue weighted by molar-refractivity contribution is -0.115.